The Morgan fingerprint density at radius 1 is 1.26 bits per heavy atom. The maximum atomic E-state index is 9.86. The zero-order valence-electron chi connectivity index (χ0n) is 12.3. The molecule has 1 atom stereocenters. The molecule has 0 amide bonds. The lowest BCUT2D eigenvalue weighted by atomic mass is 10.2. The summed E-state index contributed by atoms with van der Waals surface area (Å²) in [5.41, 5.74) is 1.26. The molecule has 108 valence electrons. The van der Waals surface area contributed by atoms with Gasteiger partial charge < -0.3 is 9.84 Å². The van der Waals surface area contributed by atoms with Crippen LogP contribution in [0.3, 0.4) is 0 Å². The Kier molecular flexibility index (Phi) is 7.46. The normalized spacial score (nSPS) is 13.2. The van der Waals surface area contributed by atoms with Gasteiger partial charge in [-0.3, -0.25) is 4.90 Å². The second kappa shape index (κ2) is 8.59. The van der Waals surface area contributed by atoms with E-state index in [-0.39, 0.29) is 6.10 Å². The molecular formula is C15H25NO2S. The van der Waals surface area contributed by atoms with Crippen molar-refractivity contribution in [2.24, 2.45) is 0 Å². The van der Waals surface area contributed by atoms with Crippen molar-refractivity contribution < 1.29 is 9.84 Å². The molecule has 0 spiro atoms. The van der Waals surface area contributed by atoms with Crippen LogP contribution in [0.15, 0.2) is 29.2 Å². The SMILES string of the molecule is CSc1ccc(CN(C)CC(O)COC(C)C)cc1. The van der Waals surface area contributed by atoms with Crippen molar-refractivity contribution in [3.05, 3.63) is 29.8 Å². The Hall–Kier alpha value is -0.550. The maximum absolute atomic E-state index is 9.86. The highest BCUT2D eigenvalue weighted by Gasteiger charge is 2.09. The summed E-state index contributed by atoms with van der Waals surface area (Å²) in [6.45, 7) is 5.81. The van der Waals surface area contributed by atoms with Crippen LogP contribution >= 0.6 is 11.8 Å². The molecule has 4 heteroatoms. The van der Waals surface area contributed by atoms with E-state index in [2.05, 4.69) is 35.4 Å². The van der Waals surface area contributed by atoms with E-state index in [1.54, 1.807) is 11.8 Å². The largest absolute Gasteiger partial charge is 0.389 e. The van der Waals surface area contributed by atoms with Crippen molar-refractivity contribution >= 4 is 11.8 Å². The molecule has 1 N–H and O–H groups in total. The van der Waals surface area contributed by atoms with Gasteiger partial charge in [0.25, 0.3) is 0 Å². The van der Waals surface area contributed by atoms with Crippen LogP contribution < -0.4 is 0 Å². The van der Waals surface area contributed by atoms with E-state index >= 15 is 0 Å². The predicted octanol–water partition coefficient (Wildman–Crippen LogP) is 2.63. The van der Waals surface area contributed by atoms with Crippen molar-refractivity contribution in [1.82, 2.24) is 4.90 Å². The zero-order valence-corrected chi connectivity index (χ0v) is 13.1. The summed E-state index contributed by atoms with van der Waals surface area (Å²) >= 11 is 1.75. The number of aliphatic hydroxyl groups is 1. The monoisotopic (exact) mass is 283 g/mol. The number of rotatable bonds is 8. The van der Waals surface area contributed by atoms with Crippen molar-refractivity contribution in [1.29, 1.82) is 0 Å². The molecule has 0 fully saturated rings. The van der Waals surface area contributed by atoms with E-state index in [4.69, 9.17) is 4.74 Å². The number of nitrogens with zero attached hydrogens (tertiary/aromatic N) is 1. The van der Waals surface area contributed by atoms with Gasteiger partial charge in [0.1, 0.15) is 0 Å². The molecule has 0 aromatic heterocycles. The Morgan fingerprint density at radius 2 is 1.89 bits per heavy atom. The molecule has 0 aliphatic heterocycles. The minimum Gasteiger partial charge on any atom is -0.389 e. The molecule has 1 rings (SSSR count). The third-order valence-electron chi connectivity index (χ3n) is 2.76. The first-order chi connectivity index (χ1) is 9.01. The summed E-state index contributed by atoms with van der Waals surface area (Å²) in [6, 6.07) is 8.54. The molecule has 0 saturated heterocycles. The fourth-order valence-electron chi connectivity index (χ4n) is 1.82. The number of benzene rings is 1. The average molecular weight is 283 g/mol. The highest BCUT2D eigenvalue weighted by Crippen LogP contribution is 2.15. The lowest BCUT2D eigenvalue weighted by Gasteiger charge is -2.21. The van der Waals surface area contributed by atoms with E-state index in [0.29, 0.717) is 13.2 Å². The van der Waals surface area contributed by atoms with Crippen LogP contribution in [0.1, 0.15) is 19.4 Å². The van der Waals surface area contributed by atoms with E-state index in [9.17, 15) is 5.11 Å². The van der Waals surface area contributed by atoms with Crippen molar-refractivity contribution in [3.8, 4) is 0 Å². The number of hydrogen-bond acceptors (Lipinski definition) is 4. The fourth-order valence-corrected chi connectivity index (χ4v) is 2.23. The molecule has 0 aliphatic carbocycles. The van der Waals surface area contributed by atoms with Crippen LogP contribution in [0.2, 0.25) is 0 Å². The molecule has 0 saturated carbocycles. The van der Waals surface area contributed by atoms with Gasteiger partial charge in [0.15, 0.2) is 0 Å². The van der Waals surface area contributed by atoms with Gasteiger partial charge in [0.05, 0.1) is 18.8 Å². The smallest absolute Gasteiger partial charge is 0.0900 e. The van der Waals surface area contributed by atoms with Crippen LogP contribution in [0.4, 0.5) is 0 Å². The Bertz CT molecular complexity index is 354. The van der Waals surface area contributed by atoms with Gasteiger partial charge >= 0.3 is 0 Å². The minimum atomic E-state index is -0.433. The van der Waals surface area contributed by atoms with Gasteiger partial charge in [-0.2, -0.15) is 0 Å². The Labute approximate surface area is 121 Å². The standard InChI is InChI=1S/C15H25NO2S/c1-12(2)18-11-14(17)10-16(3)9-13-5-7-15(19-4)8-6-13/h5-8,12,14,17H,9-11H2,1-4H3. The average Bonchev–Trinajstić information content (AvgIpc) is 2.37. The first-order valence-electron chi connectivity index (χ1n) is 6.62. The van der Waals surface area contributed by atoms with E-state index in [1.807, 2.05) is 20.9 Å². The van der Waals surface area contributed by atoms with Gasteiger partial charge in [-0.05, 0) is 44.8 Å². The van der Waals surface area contributed by atoms with Gasteiger partial charge in [-0.15, -0.1) is 11.8 Å². The maximum Gasteiger partial charge on any atom is 0.0900 e. The third kappa shape index (κ3) is 6.97. The lowest BCUT2D eigenvalue weighted by molar-refractivity contribution is -0.00634. The first kappa shape index (κ1) is 16.5. The summed E-state index contributed by atoms with van der Waals surface area (Å²) < 4.78 is 5.41. The summed E-state index contributed by atoms with van der Waals surface area (Å²) in [5, 5.41) is 9.86. The summed E-state index contributed by atoms with van der Waals surface area (Å²) in [5.74, 6) is 0. The van der Waals surface area contributed by atoms with E-state index in [1.165, 1.54) is 10.5 Å². The lowest BCUT2D eigenvalue weighted by Crippen LogP contribution is -2.32. The van der Waals surface area contributed by atoms with Gasteiger partial charge in [-0.1, -0.05) is 12.1 Å². The number of aliphatic hydroxyl groups excluding tert-OH is 1. The van der Waals surface area contributed by atoms with E-state index < -0.39 is 6.10 Å². The third-order valence-corrected chi connectivity index (χ3v) is 3.50. The van der Waals surface area contributed by atoms with Crippen molar-refractivity contribution in [3.63, 3.8) is 0 Å². The fraction of sp³-hybridized carbons (Fsp3) is 0.600. The molecule has 3 nitrogen and oxygen atoms in total. The molecule has 19 heavy (non-hydrogen) atoms. The summed E-state index contributed by atoms with van der Waals surface area (Å²) in [4.78, 5) is 3.39. The Balaban J connectivity index is 2.34. The molecule has 0 radical (unpaired) electrons. The quantitative estimate of drug-likeness (QED) is 0.744. The van der Waals surface area contributed by atoms with E-state index in [0.717, 1.165) is 6.54 Å². The molecule has 0 heterocycles. The molecular weight excluding hydrogens is 258 g/mol. The van der Waals surface area contributed by atoms with Crippen LogP contribution in [0.5, 0.6) is 0 Å². The first-order valence-corrected chi connectivity index (χ1v) is 7.85. The second-order valence-corrected chi connectivity index (χ2v) is 5.96. The van der Waals surface area contributed by atoms with Crippen LogP contribution in [0.25, 0.3) is 0 Å². The molecule has 1 aromatic carbocycles. The van der Waals surface area contributed by atoms with Crippen LogP contribution in [0, 0.1) is 0 Å². The van der Waals surface area contributed by atoms with Crippen molar-refractivity contribution in [2.45, 2.75) is 37.5 Å². The minimum absolute atomic E-state index is 0.166. The molecule has 1 unspecified atom stereocenters. The Morgan fingerprint density at radius 3 is 2.42 bits per heavy atom. The number of ether oxygens (including phenoxy) is 1. The number of likely N-dealkylation sites (N-methyl/N-ethyl adjacent to an activating group) is 1. The molecule has 0 aliphatic rings. The molecule has 0 bridgehead atoms. The van der Waals surface area contributed by atoms with Gasteiger partial charge in [0.2, 0.25) is 0 Å². The molecule has 1 aromatic rings. The summed E-state index contributed by atoms with van der Waals surface area (Å²) in [7, 11) is 2.01. The second-order valence-electron chi connectivity index (χ2n) is 5.08. The number of hydrogen-bond donors (Lipinski definition) is 1. The van der Waals surface area contributed by atoms with Crippen molar-refractivity contribution in [2.75, 3.05) is 26.5 Å². The number of thioether (sulfide) groups is 1. The topological polar surface area (TPSA) is 32.7 Å². The van der Waals surface area contributed by atoms with Gasteiger partial charge in [0, 0.05) is 18.0 Å². The van der Waals surface area contributed by atoms with Gasteiger partial charge in [-0.25, -0.2) is 0 Å². The highest BCUT2D eigenvalue weighted by atomic mass is 32.2. The summed E-state index contributed by atoms with van der Waals surface area (Å²) in [6.07, 6.45) is 1.81. The van der Waals surface area contributed by atoms with Crippen LogP contribution in [-0.4, -0.2) is 48.7 Å². The van der Waals surface area contributed by atoms with Crippen LogP contribution in [-0.2, 0) is 11.3 Å². The highest BCUT2D eigenvalue weighted by molar-refractivity contribution is 7.98. The predicted molar refractivity (Wildman–Crippen MR) is 81.7 cm³/mol. The zero-order chi connectivity index (χ0) is 14.3.